The molecule has 0 heterocycles. The Labute approximate surface area is 150 Å². The number of carbonyl (C=O) groups is 1. The predicted octanol–water partition coefficient (Wildman–Crippen LogP) is 6.98. The van der Waals surface area contributed by atoms with Gasteiger partial charge in [0.1, 0.15) is 0 Å². The largest absolute Gasteiger partial charge is 0.466 e. The van der Waals surface area contributed by atoms with Crippen molar-refractivity contribution in [2.75, 3.05) is 6.61 Å². The number of carbonyl (C=O) groups excluding carboxylic acids is 1. The number of allylic oxidation sites excluding steroid dienone is 2. The Morgan fingerprint density at radius 3 is 2.08 bits per heavy atom. The van der Waals surface area contributed by atoms with Gasteiger partial charge in [-0.25, -0.2) is 0 Å². The topological polar surface area (TPSA) is 26.3 Å². The Morgan fingerprint density at radius 1 is 0.875 bits per heavy atom. The second-order valence-electron chi connectivity index (χ2n) is 7.43. The normalized spacial score (nSPS) is 14.4. The van der Waals surface area contributed by atoms with Crippen LogP contribution in [0.5, 0.6) is 0 Å². The fraction of sp³-hybridized carbons (Fsp3) is 0.864. The average Bonchev–Trinajstić information content (AvgIpc) is 3.41. The van der Waals surface area contributed by atoms with Crippen molar-refractivity contribution in [1.82, 2.24) is 0 Å². The van der Waals surface area contributed by atoms with E-state index in [-0.39, 0.29) is 5.97 Å². The van der Waals surface area contributed by atoms with E-state index in [0.29, 0.717) is 13.0 Å². The molecule has 0 aromatic carbocycles. The van der Waals surface area contributed by atoms with Gasteiger partial charge in [0.05, 0.1) is 6.61 Å². The second-order valence-corrected chi connectivity index (χ2v) is 7.43. The zero-order chi connectivity index (χ0) is 17.3. The average molecular weight is 337 g/mol. The molecule has 0 saturated heterocycles. The van der Waals surface area contributed by atoms with E-state index in [4.69, 9.17) is 4.74 Å². The summed E-state index contributed by atoms with van der Waals surface area (Å²) in [7, 11) is 0. The van der Waals surface area contributed by atoms with Gasteiger partial charge in [-0.05, 0) is 44.4 Å². The predicted molar refractivity (Wildman–Crippen MR) is 103 cm³/mol. The number of hydrogen-bond donors (Lipinski definition) is 0. The molecule has 1 aliphatic carbocycles. The van der Waals surface area contributed by atoms with Crippen LogP contribution in [0.25, 0.3) is 0 Å². The molecule has 0 aromatic heterocycles. The van der Waals surface area contributed by atoms with Crippen molar-refractivity contribution in [2.24, 2.45) is 5.92 Å². The summed E-state index contributed by atoms with van der Waals surface area (Å²) < 4.78 is 5.28. The third kappa shape index (κ3) is 14.8. The summed E-state index contributed by atoms with van der Waals surface area (Å²) in [5, 5.41) is 0. The minimum atomic E-state index is 0.0170. The van der Waals surface area contributed by atoms with Crippen LogP contribution < -0.4 is 0 Å². The van der Waals surface area contributed by atoms with Crippen molar-refractivity contribution in [3.8, 4) is 0 Å². The van der Waals surface area contributed by atoms with Crippen molar-refractivity contribution in [1.29, 1.82) is 0 Å². The quantitative estimate of drug-likeness (QED) is 0.163. The number of rotatable bonds is 17. The molecule has 24 heavy (non-hydrogen) atoms. The summed E-state index contributed by atoms with van der Waals surface area (Å²) in [5.41, 5.74) is 0. The van der Waals surface area contributed by atoms with Gasteiger partial charge in [0.15, 0.2) is 0 Å². The van der Waals surface area contributed by atoms with Crippen LogP contribution in [-0.2, 0) is 9.53 Å². The monoisotopic (exact) mass is 336 g/mol. The Balaban J connectivity index is 1.71. The smallest absolute Gasteiger partial charge is 0.305 e. The van der Waals surface area contributed by atoms with Gasteiger partial charge in [-0.15, -0.1) is 0 Å². The fourth-order valence-corrected chi connectivity index (χ4v) is 2.98. The van der Waals surface area contributed by atoms with Crippen LogP contribution in [-0.4, -0.2) is 12.6 Å². The number of esters is 1. The first kappa shape index (κ1) is 21.3. The Kier molecular flexibility index (Phi) is 13.9. The van der Waals surface area contributed by atoms with Gasteiger partial charge in [-0.2, -0.15) is 0 Å². The summed E-state index contributed by atoms with van der Waals surface area (Å²) in [6.45, 7) is 2.89. The lowest BCUT2D eigenvalue weighted by molar-refractivity contribution is -0.144. The molecule has 0 atom stereocenters. The van der Waals surface area contributed by atoms with Crippen molar-refractivity contribution in [3.63, 3.8) is 0 Å². The highest BCUT2D eigenvalue weighted by molar-refractivity contribution is 5.69. The molecule has 0 spiro atoms. The highest BCUT2D eigenvalue weighted by Crippen LogP contribution is 2.33. The molecule has 0 amide bonds. The van der Waals surface area contributed by atoms with E-state index in [1.165, 1.54) is 83.5 Å². The van der Waals surface area contributed by atoms with E-state index in [1.54, 1.807) is 0 Å². The van der Waals surface area contributed by atoms with Gasteiger partial charge in [0, 0.05) is 6.42 Å². The van der Waals surface area contributed by atoms with E-state index in [9.17, 15) is 4.79 Å². The first-order chi connectivity index (χ1) is 11.8. The third-order valence-corrected chi connectivity index (χ3v) is 4.87. The second kappa shape index (κ2) is 15.7. The molecule has 140 valence electrons. The van der Waals surface area contributed by atoms with E-state index in [2.05, 4.69) is 19.1 Å². The molecular formula is C22H40O2. The summed E-state index contributed by atoms with van der Waals surface area (Å²) in [5.74, 6) is 0.844. The molecular weight excluding hydrogens is 296 g/mol. The molecule has 1 aliphatic rings. The van der Waals surface area contributed by atoms with Crippen LogP contribution in [0.2, 0.25) is 0 Å². The zero-order valence-corrected chi connectivity index (χ0v) is 16.1. The lowest BCUT2D eigenvalue weighted by Crippen LogP contribution is -2.05. The van der Waals surface area contributed by atoms with Crippen molar-refractivity contribution in [3.05, 3.63) is 12.2 Å². The molecule has 1 rings (SSSR count). The molecule has 1 saturated carbocycles. The molecule has 0 radical (unpaired) electrons. The van der Waals surface area contributed by atoms with Gasteiger partial charge in [-0.3, -0.25) is 4.79 Å². The van der Waals surface area contributed by atoms with Crippen LogP contribution in [0.15, 0.2) is 12.2 Å². The minimum absolute atomic E-state index is 0.0170. The highest BCUT2D eigenvalue weighted by Gasteiger charge is 2.22. The van der Waals surface area contributed by atoms with Crippen LogP contribution >= 0.6 is 0 Å². The zero-order valence-electron chi connectivity index (χ0n) is 16.1. The Morgan fingerprint density at radius 2 is 1.46 bits per heavy atom. The van der Waals surface area contributed by atoms with Crippen LogP contribution in [0.1, 0.15) is 110 Å². The van der Waals surface area contributed by atoms with E-state index >= 15 is 0 Å². The molecule has 0 aliphatic heterocycles. The number of hydrogen-bond acceptors (Lipinski definition) is 2. The molecule has 0 unspecified atom stereocenters. The lowest BCUT2D eigenvalue weighted by atomic mass is 10.1. The van der Waals surface area contributed by atoms with Gasteiger partial charge in [0.25, 0.3) is 0 Å². The first-order valence-corrected chi connectivity index (χ1v) is 10.6. The van der Waals surface area contributed by atoms with E-state index in [1.807, 2.05) is 0 Å². The van der Waals surface area contributed by atoms with Gasteiger partial charge >= 0.3 is 5.97 Å². The number of unbranched alkanes of at least 4 members (excludes halogenated alkanes) is 10. The molecule has 2 nitrogen and oxygen atoms in total. The molecule has 0 N–H and O–H groups in total. The summed E-state index contributed by atoms with van der Waals surface area (Å²) in [6, 6.07) is 0. The van der Waals surface area contributed by atoms with Crippen LogP contribution in [0, 0.1) is 5.92 Å². The molecule has 1 fully saturated rings. The van der Waals surface area contributed by atoms with Crippen molar-refractivity contribution >= 4 is 5.97 Å². The third-order valence-electron chi connectivity index (χ3n) is 4.87. The Hall–Kier alpha value is -0.790. The van der Waals surface area contributed by atoms with Crippen molar-refractivity contribution in [2.45, 2.75) is 110 Å². The lowest BCUT2D eigenvalue weighted by Gasteiger charge is -2.04. The standard InChI is InChI=1S/C22H40O2/c1-2-3-4-5-6-7-8-9-10-11-12-13-14-15-20-24-22(23)19-18-21-16-17-21/h7-8,21H,2-6,9-20H2,1H3/b8-7+. The molecule has 2 heteroatoms. The van der Waals surface area contributed by atoms with E-state index in [0.717, 1.165) is 18.8 Å². The Bertz CT molecular complexity index is 318. The maximum atomic E-state index is 11.5. The van der Waals surface area contributed by atoms with E-state index < -0.39 is 0 Å². The first-order valence-electron chi connectivity index (χ1n) is 10.6. The SMILES string of the molecule is CCCCCC/C=C/CCCCCCCCOC(=O)CCC1CC1. The summed E-state index contributed by atoms with van der Waals surface area (Å²) >= 11 is 0. The summed E-state index contributed by atoms with van der Waals surface area (Å²) in [6.07, 6.45) is 24.5. The van der Waals surface area contributed by atoms with Gasteiger partial charge < -0.3 is 4.74 Å². The molecule has 0 aromatic rings. The molecule has 0 bridgehead atoms. The van der Waals surface area contributed by atoms with Crippen LogP contribution in [0.3, 0.4) is 0 Å². The maximum absolute atomic E-state index is 11.5. The minimum Gasteiger partial charge on any atom is -0.466 e. The highest BCUT2D eigenvalue weighted by atomic mass is 16.5. The fourth-order valence-electron chi connectivity index (χ4n) is 2.98. The number of ether oxygens (including phenoxy) is 1. The van der Waals surface area contributed by atoms with Gasteiger partial charge in [-0.1, -0.05) is 76.9 Å². The summed E-state index contributed by atoms with van der Waals surface area (Å²) in [4.78, 5) is 11.5. The van der Waals surface area contributed by atoms with Crippen LogP contribution in [0.4, 0.5) is 0 Å². The van der Waals surface area contributed by atoms with Crippen molar-refractivity contribution < 1.29 is 9.53 Å². The van der Waals surface area contributed by atoms with Gasteiger partial charge in [0.2, 0.25) is 0 Å². The maximum Gasteiger partial charge on any atom is 0.305 e.